The van der Waals surface area contributed by atoms with E-state index < -0.39 is 5.92 Å². The van der Waals surface area contributed by atoms with Crippen LogP contribution >= 0.6 is 0 Å². The number of aromatic nitrogens is 1. The Hall–Kier alpha value is -3.07. The van der Waals surface area contributed by atoms with E-state index in [0.29, 0.717) is 23.1 Å². The smallest absolute Gasteiger partial charge is 0.313 e. The highest BCUT2D eigenvalue weighted by Gasteiger charge is 2.21. The highest BCUT2D eigenvalue weighted by atomic mass is 127. The van der Waals surface area contributed by atoms with Crippen molar-refractivity contribution in [3.05, 3.63) is 101 Å². The van der Waals surface area contributed by atoms with Crippen molar-refractivity contribution in [2.75, 3.05) is 6.61 Å². The number of nitrogens with one attached hydrogen (secondary N) is 1. The van der Waals surface area contributed by atoms with Crippen molar-refractivity contribution in [3.8, 4) is 0 Å². The summed E-state index contributed by atoms with van der Waals surface area (Å²) in [4.78, 5) is 37.6. The van der Waals surface area contributed by atoms with Crippen LogP contribution in [0.15, 0.2) is 79.1 Å². The number of halogens is 1. The van der Waals surface area contributed by atoms with Gasteiger partial charge in [-0.05, 0) is 25.0 Å². The second kappa shape index (κ2) is 13.0. The molecule has 2 unspecified atom stereocenters. The molecule has 0 fully saturated rings. The molecule has 1 aromatic heterocycles. The fourth-order valence-electron chi connectivity index (χ4n) is 3.38. The van der Waals surface area contributed by atoms with Crippen LogP contribution in [-0.4, -0.2) is 30.3 Å². The number of pyridine rings is 1. The van der Waals surface area contributed by atoms with E-state index in [0.717, 1.165) is 5.56 Å². The molecule has 2 aromatic carbocycles. The number of esters is 1. The van der Waals surface area contributed by atoms with Crippen molar-refractivity contribution >= 4 is 17.7 Å². The molecule has 0 saturated heterocycles. The van der Waals surface area contributed by atoms with Crippen LogP contribution in [0.2, 0.25) is 0 Å². The third-order valence-electron chi connectivity index (χ3n) is 5.52. The van der Waals surface area contributed by atoms with Gasteiger partial charge in [-0.3, -0.25) is 14.4 Å². The Morgan fingerprint density at radius 2 is 1.53 bits per heavy atom. The molecule has 1 heterocycles. The van der Waals surface area contributed by atoms with Crippen LogP contribution in [-0.2, 0) is 16.6 Å². The molecule has 3 aromatic rings. The monoisotopic (exact) mass is 572 g/mol. The minimum Gasteiger partial charge on any atom is -1.00 e. The Balaban J connectivity index is 0.00000408. The first-order valence-corrected chi connectivity index (χ1v) is 11.0. The summed E-state index contributed by atoms with van der Waals surface area (Å²) >= 11 is 0. The van der Waals surface area contributed by atoms with Crippen molar-refractivity contribution in [2.24, 2.45) is 7.05 Å². The molecule has 0 spiro atoms. The fourth-order valence-corrected chi connectivity index (χ4v) is 3.38. The van der Waals surface area contributed by atoms with Crippen molar-refractivity contribution in [1.29, 1.82) is 0 Å². The number of aryl methyl sites for hydroxylation is 1. The lowest BCUT2D eigenvalue weighted by Crippen LogP contribution is -3.00. The van der Waals surface area contributed by atoms with Gasteiger partial charge < -0.3 is 34.0 Å². The standard InChI is InChI=1S/C27H28N2O4.HI/c1-4-24(28-26(31)23-11-8-16-29(3)17-23)18-33-27(32)19(2)20-12-14-22(15-13-20)25(30)21-9-6-5-7-10-21;/h5-17,19,24H,4,18H2,1-3H3;1H. The molecule has 178 valence electrons. The maximum Gasteiger partial charge on any atom is 0.313 e. The maximum absolute atomic E-state index is 12.6. The number of benzene rings is 2. The molecule has 2 atom stereocenters. The molecule has 34 heavy (non-hydrogen) atoms. The third-order valence-corrected chi connectivity index (χ3v) is 5.52. The molecule has 0 aliphatic carbocycles. The van der Waals surface area contributed by atoms with Gasteiger partial charge in [0.25, 0.3) is 5.91 Å². The summed E-state index contributed by atoms with van der Waals surface area (Å²) in [6.07, 6.45) is 4.21. The Morgan fingerprint density at radius 1 is 0.912 bits per heavy atom. The molecule has 3 rings (SSSR count). The molecule has 6 nitrogen and oxygen atoms in total. The van der Waals surface area contributed by atoms with E-state index >= 15 is 0 Å². The number of hydrogen-bond acceptors (Lipinski definition) is 4. The van der Waals surface area contributed by atoms with Crippen molar-refractivity contribution < 1.29 is 47.7 Å². The summed E-state index contributed by atoms with van der Waals surface area (Å²) in [7, 11) is 1.85. The van der Waals surface area contributed by atoms with Crippen LogP contribution in [0.3, 0.4) is 0 Å². The molecular weight excluding hydrogens is 543 g/mol. The Labute approximate surface area is 217 Å². The Bertz CT molecular complexity index is 1120. The first-order valence-electron chi connectivity index (χ1n) is 11.0. The van der Waals surface area contributed by atoms with Gasteiger partial charge in [-0.25, -0.2) is 4.57 Å². The summed E-state index contributed by atoms with van der Waals surface area (Å²) in [5, 5.41) is 2.91. The van der Waals surface area contributed by atoms with Gasteiger partial charge in [0.05, 0.1) is 12.0 Å². The zero-order valence-corrected chi connectivity index (χ0v) is 21.7. The molecular formula is C27H29IN2O4. The average molecular weight is 572 g/mol. The van der Waals surface area contributed by atoms with Gasteiger partial charge >= 0.3 is 5.97 Å². The molecule has 0 bridgehead atoms. The van der Waals surface area contributed by atoms with E-state index in [1.54, 1.807) is 66.2 Å². The average Bonchev–Trinajstić information content (AvgIpc) is 2.85. The number of carbonyl (C=O) groups excluding carboxylic acids is 3. The predicted molar refractivity (Wildman–Crippen MR) is 125 cm³/mol. The van der Waals surface area contributed by atoms with Crippen molar-refractivity contribution in [3.63, 3.8) is 0 Å². The van der Waals surface area contributed by atoms with E-state index in [1.807, 2.05) is 38.4 Å². The summed E-state index contributed by atoms with van der Waals surface area (Å²) in [5.41, 5.74) is 2.49. The van der Waals surface area contributed by atoms with Crippen molar-refractivity contribution in [2.45, 2.75) is 32.2 Å². The normalized spacial score (nSPS) is 12.1. The number of rotatable bonds is 9. The second-order valence-corrected chi connectivity index (χ2v) is 8.01. The predicted octanol–water partition coefficient (Wildman–Crippen LogP) is 0.601. The van der Waals surface area contributed by atoms with Gasteiger partial charge in [0.2, 0.25) is 0 Å². The Morgan fingerprint density at radius 3 is 2.15 bits per heavy atom. The minimum absolute atomic E-state index is 0. The van der Waals surface area contributed by atoms with Crippen LogP contribution < -0.4 is 33.9 Å². The molecule has 0 aliphatic heterocycles. The SMILES string of the molecule is CCC(COC(=O)C(C)c1ccc(C(=O)c2ccccc2)cc1)NC(=O)c1ccc[n+](C)c1.[I-]. The molecule has 0 aliphatic rings. The lowest BCUT2D eigenvalue weighted by Gasteiger charge is -2.19. The number of amides is 1. The summed E-state index contributed by atoms with van der Waals surface area (Å²) in [5.74, 6) is -1.14. The Kier molecular flexibility index (Phi) is 10.4. The van der Waals surface area contributed by atoms with Gasteiger partial charge in [0, 0.05) is 17.2 Å². The summed E-state index contributed by atoms with van der Waals surface area (Å²) in [6.45, 7) is 3.78. The van der Waals surface area contributed by atoms with Gasteiger partial charge in [-0.1, -0.05) is 61.5 Å². The van der Waals surface area contributed by atoms with Gasteiger partial charge in [0.15, 0.2) is 18.2 Å². The van der Waals surface area contributed by atoms with E-state index in [-0.39, 0.29) is 54.3 Å². The van der Waals surface area contributed by atoms with Crippen LogP contribution in [0, 0.1) is 0 Å². The number of hydrogen-bond donors (Lipinski definition) is 1. The van der Waals surface area contributed by atoms with E-state index in [4.69, 9.17) is 4.74 Å². The highest BCUT2D eigenvalue weighted by molar-refractivity contribution is 6.09. The summed E-state index contributed by atoms with van der Waals surface area (Å²) in [6, 6.07) is 19.3. The van der Waals surface area contributed by atoms with Gasteiger partial charge in [-0.15, -0.1) is 0 Å². The largest absolute Gasteiger partial charge is 1.00 e. The number of nitrogens with zero attached hydrogens (tertiary/aromatic N) is 1. The zero-order chi connectivity index (χ0) is 23.8. The quantitative estimate of drug-likeness (QED) is 0.177. The molecule has 1 amide bonds. The van der Waals surface area contributed by atoms with Crippen LogP contribution in [0.5, 0.6) is 0 Å². The van der Waals surface area contributed by atoms with Crippen LogP contribution in [0.4, 0.5) is 0 Å². The lowest BCUT2D eigenvalue weighted by molar-refractivity contribution is -0.671. The highest BCUT2D eigenvalue weighted by Crippen LogP contribution is 2.19. The first-order chi connectivity index (χ1) is 15.9. The number of carbonyl (C=O) groups is 3. The van der Waals surface area contributed by atoms with Gasteiger partial charge in [-0.2, -0.15) is 0 Å². The van der Waals surface area contributed by atoms with E-state index in [2.05, 4.69) is 5.32 Å². The molecule has 0 radical (unpaired) electrons. The fraction of sp³-hybridized carbons (Fsp3) is 0.259. The first kappa shape index (κ1) is 27.2. The second-order valence-electron chi connectivity index (χ2n) is 8.01. The van der Waals surface area contributed by atoms with E-state index in [1.165, 1.54) is 0 Å². The number of ketones is 1. The topological polar surface area (TPSA) is 76.3 Å². The van der Waals surface area contributed by atoms with E-state index in [9.17, 15) is 14.4 Å². The molecule has 7 heteroatoms. The van der Waals surface area contributed by atoms with Gasteiger partial charge in [0.1, 0.15) is 19.2 Å². The minimum atomic E-state index is -0.493. The molecule has 1 N–H and O–H groups in total. The van der Waals surface area contributed by atoms with Crippen LogP contribution in [0.25, 0.3) is 0 Å². The maximum atomic E-state index is 12.6. The number of ether oxygens (including phenoxy) is 1. The zero-order valence-electron chi connectivity index (χ0n) is 19.5. The van der Waals surface area contributed by atoms with Crippen LogP contribution in [0.1, 0.15) is 58.0 Å². The molecule has 0 saturated carbocycles. The lowest BCUT2D eigenvalue weighted by atomic mass is 9.97. The third kappa shape index (κ3) is 7.21. The van der Waals surface area contributed by atoms with Crippen molar-refractivity contribution in [1.82, 2.24) is 5.32 Å². The summed E-state index contributed by atoms with van der Waals surface area (Å²) < 4.78 is 7.29.